The number of hydrogen-bond donors (Lipinski definition) is 2. The quantitative estimate of drug-likeness (QED) is 0.515. The molecule has 0 aliphatic heterocycles. The molecule has 1 aromatic heterocycles. The van der Waals surface area contributed by atoms with Crippen LogP contribution in [-0.2, 0) is 21.9 Å². The van der Waals surface area contributed by atoms with Crippen LogP contribution in [0, 0.1) is 13.8 Å². The van der Waals surface area contributed by atoms with Crippen molar-refractivity contribution >= 4 is 15.9 Å². The molecule has 8 nitrogen and oxygen atoms in total. The summed E-state index contributed by atoms with van der Waals surface area (Å²) in [6, 6.07) is 12.0. The van der Waals surface area contributed by atoms with Crippen LogP contribution in [-0.4, -0.2) is 37.5 Å². The van der Waals surface area contributed by atoms with Crippen LogP contribution in [0.15, 0.2) is 59.8 Å². The number of methoxy groups -OCH3 is 1. The fourth-order valence-electron chi connectivity index (χ4n) is 3.55. The minimum atomic E-state index is -3.71. The highest BCUT2D eigenvalue weighted by molar-refractivity contribution is 7.89. The summed E-state index contributed by atoms with van der Waals surface area (Å²) in [6.45, 7) is 3.63. The average molecular weight is 457 g/mol. The van der Waals surface area contributed by atoms with Crippen LogP contribution in [0.1, 0.15) is 35.0 Å². The third-order valence-electron chi connectivity index (χ3n) is 5.14. The molecule has 2 aromatic carbocycles. The van der Waals surface area contributed by atoms with E-state index >= 15 is 0 Å². The van der Waals surface area contributed by atoms with E-state index in [1.807, 2.05) is 48.9 Å². The molecule has 170 valence electrons. The van der Waals surface area contributed by atoms with E-state index in [2.05, 4.69) is 15.0 Å². The molecule has 0 radical (unpaired) electrons. The zero-order valence-corrected chi connectivity index (χ0v) is 19.4. The number of aryl methyl sites for hydroxylation is 3. The molecular weight excluding hydrogens is 428 g/mol. The van der Waals surface area contributed by atoms with Crippen molar-refractivity contribution in [2.45, 2.75) is 31.2 Å². The Kier molecular flexibility index (Phi) is 7.32. The number of aromatic nitrogens is 2. The molecule has 32 heavy (non-hydrogen) atoms. The van der Waals surface area contributed by atoms with Gasteiger partial charge in [0, 0.05) is 38.0 Å². The topological polar surface area (TPSA) is 102 Å². The van der Waals surface area contributed by atoms with Crippen LogP contribution in [0.25, 0.3) is 0 Å². The molecule has 0 spiro atoms. The smallest absolute Gasteiger partial charge is 0.240 e. The Morgan fingerprint density at radius 2 is 1.94 bits per heavy atom. The Hall–Kier alpha value is -3.17. The number of imidazole rings is 1. The monoisotopic (exact) mass is 456 g/mol. The van der Waals surface area contributed by atoms with E-state index in [9.17, 15) is 13.2 Å². The van der Waals surface area contributed by atoms with Gasteiger partial charge in [-0.3, -0.25) is 4.79 Å². The van der Waals surface area contributed by atoms with E-state index in [4.69, 9.17) is 4.74 Å². The standard InChI is InChI=1S/C23H28N4O4S/c1-16-9-10-20(17(2)15-16)32(29,30)25-12-11-21(28)26-22(23-24-13-14-27(23)3)18-7-5-6-8-19(18)31-4/h5-10,13-15,22,25H,11-12H2,1-4H3,(H,26,28). The van der Waals surface area contributed by atoms with Gasteiger partial charge in [-0.25, -0.2) is 18.1 Å². The van der Waals surface area contributed by atoms with Gasteiger partial charge < -0.3 is 14.6 Å². The molecule has 3 rings (SSSR count). The second-order valence-electron chi connectivity index (χ2n) is 7.56. The number of ether oxygens (including phenoxy) is 1. The predicted molar refractivity (Wildman–Crippen MR) is 122 cm³/mol. The maximum absolute atomic E-state index is 12.7. The van der Waals surface area contributed by atoms with Crippen molar-refractivity contribution in [3.05, 3.63) is 77.4 Å². The van der Waals surface area contributed by atoms with Gasteiger partial charge in [0.1, 0.15) is 17.6 Å². The molecule has 0 bridgehead atoms. The number of para-hydroxylation sites is 1. The lowest BCUT2D eigenvalue weighted by molar-refractivity contribution is -0.121. The zero-order chi connectivity index (χ0) is 23.3. The molecule has 0 saturated carbocycles. The Labute approximate surface area is 188 Å². The van der Waals surface area contributed by atoms with E-state index in [1.165, 1.54) is 0 Å². The van der Waals surface area contributed by atoms with Gasteiger partial charge in [-0.2, -0.15) is 0 Å². The number of sulfonamides is 1. The molecular formula is C23H28N4O4S. The number of rotatable bonds is 9. The molecule has 0 aliphatic carbocycles. The van der Waals surface area contributed by atoms with Crippen LogP contribution in [0.2, 0.25) is 0 Å². The first-order chi connectivity index (χ1) is 15.2. The number of benzene rings is 2. The minimum Gasteiger partial charge on any atom is -0.496 e. The Morgan fingerprint density at radius 3 is 2.59 bits per heavy atom. The fourth-order valence-corrected chi connectivity index (χ4v) is 4.81. The average Bonchev–Trinajstić information content (AvgIpc) is 3.17. The van der Waals surface area contributed by atoms with Crippen LogP contribution in [0.3, 0.4) is 0 Å². The van der Waals surface area contributed by atoms with Crippen molar-refractivity contribution in [2.24, 2.45) is 7.05 Å². The van der Waals surface area contributed by atoms with Crippen LogP contribution in [0.4, 0.5) is 0 Å². The Balaban J connectivity index is 1.71. The van der Waals surface area contributed by atoms with Crippen molar-refractivity contribution < 1.29 is 17.9 Å². The van der Waals surface area contributed by atoms with Crippen LogP contribution < -0.4 is 14.8 Å². The summed E-state index contributed by atoms with van der Waals surface area (Å²) in [5.74, 6) is 0.947. The summed E-state index contributed by atoms with van der Waals surface area (Å²) in [5, 5.41) is 2.96. The number of amides is 1. The molecule has 1 amide bonds. The van der Waals surface area contributed by atoms with Gasteiger partial charge in [-0.05, 0) is 31.5 Å². The van der Waals surface area contributed by atoms with Crippen molar-refractivity contribution in [2.75, 3.05) is 13.7 Å². The summed E-state index contributed by atoms with van der Waals surface area (Å²) >= 11 is 0. The second kappa shape index (κ2) is 9.97. The molecule has 0 fully saturated rings. The van der Waals surface area contributed by atoms with Gasteiger partial charge in [0.25, 0.3) is 0 Å². The Morgan fingerprint density at radius 1 is 1.19 bits per heavy atom. The van der Waals surface area contributed by atoms with Gasteiger partial charge in [0.2, 0.25) is 15.9 Å². The molecule has 9 heteroatoms. The molecule has 3 aromatic rings. The maximum atomic E-state index is 12.7. The third-order valence-corrected chi connectivity index (χ3v) is 6.76. The van der Waals surface area contributed by atoms with Gasteiger partial charge in [-0.15, -0.1) is 0 Å². The Bertz CT molecular complexity index is 1200. The van der Waals surface area contributed by atoms with Gasteiger partial charge >= 0.3 is 0 Å². The highest BCUT2D eigenvalue weighted by atomic mass is 32.2. The van der Waals surface area contributed by atoms with Crippen LogP contribution in [0.5, 0.6) is 5.75 Å². The third kappa shape index (κ3) is 5.35. The van der Waals surface area contributed by atoms with E-state index in [1.54, 1.807) is 38.6 Å². The second-order valence-corrected chi connectivity index (χ2v) is 9.29. The molecule has 0 saturated heterocycles. The number of carbonyl (C=O) groups excluding carboxylic acids is 1. The SMILES string of the molecule is COc1ccccc1C(NC(=O)CCNS(=O)(=O)c1ccc(C)cc1C)c1nccn1C. The summed E-state index contributed by atoms with van der Waals surface area (Å²) in [5.41, 5.74) is 2.40. The van der Waals surface area contributed by atoms with E-state index in [-0.39, 0.29) is 23.8 Å². The van der Waals surface area contributed by atoms with Crippen LogP contribution >= 0.6 is 0 Å². The van der Waals surface area contributed by atoms with Gasteiger partial charge in [0.05, 0.1) is 12.0 Å². The zero-order valence-electron chi connectivity index (χ0n) is 18.6. The summed E-state index contributed by atoms with van der Waals surface area (Å²) in [6.07, 6.45) is 3.42. The largest absolute Gasteiger partial charge is 0.496 e. The molecule has 1 unspecified atom stereocenters. The van der Waals surface area contributed by atoms with E-state index in [0.29, 0.717) is 17.1 Å². The summed E-state index contributed by atoms with van der Waals surface area (Å²) in [4.78, 5) is 17.3. The number of nitrogens with one attached hydrogen (secondary N) is 2. The maximum Gasteiger partial charge on any atom is 0.240 e. The highest BCUT2D eigenvalue weighted by Crippen LogP contribution is 2.29. The summed E-state index contributed by atoms with van der Waals surface area (Å²) < 4.78 is 35.1. The summed E-state index contributed by atoms with van der Waals surface area (Å²) in [7, 11) is -0.301. The van der Waals surface area contributed by atoms with Crippen molar-refractivity contribution in [3.63, 3.8) is 0 Å². The lowest BCUT2D eigenvalue weighted by Gasteiger charge is -2.21. The number of carbonyl (C=O) groups is 1. The van der Waals surface area contributed by atoms with Crippen molar-refractivity contribution in [1.29, 1.82) is 0 Å². The first-order valence-corrected chi connectivity index (χ1v) is 11.7. The highest BCUT2D eigenvalue weighted by Gasteiger charge is 2.24. The van der Waals surface area contributed by atoms with Crippen molar-refractivity contribution in [3.8, 4) is 5.75 Å². The molecule has 0 aliphatic rings. The first kappa shape index (κ1) is 23.5. The van der Waals surface area contributed by atoms with E-state index in [0.717, 1.165) is 11.1 Å². The lowest BCUT2D eigenvalue weighted by Crippen LogP contribution is -2.34. The molecule has 1 heterocycles. The lowest BCUT2D eigenvalue weighted by atomic mass is 10.0. The normalized spacial score (nSPS) is 12.4. The number of hydrogen-bond acceptors (Lipinski definition) is 5. The van der Waals surface area contributed by atoms with Gasteiger partial charge in [0.15, 0.2) is 0 Å². The first-order valence-electron chi connectivity index (χ1n) is 10.2. The van der Waals surface area contributed by atoms with E-state index < -0.39 is 16.1 Å². The molecule has 2 N–H and O–H groups in total. The van der Waals surface area contributed by atoms with Gasteiger partial charge in [-0.1, -0.05) is 35.9 Å². The van der Waals surface area contributed by atoms with Crippen molar-refractivity contribution in [1.82, 2.24) is 19.6 Å². The number of nitrogens with zero attached hydrogens (tertiary/aromatic N) is 2. The minimum absolute atomic E-state index is 0.0271. The predicted octanol–water partition coefficient (Wildman–Crippen LogP) is 2.62. The molecule has 1 atom stereocenters. The fraction of sp³-hybridized carbons (Fsp3) is 0.304.